The molecule has 0 aromatic heterocycles. The molecular weight excluding hydrogens is 500 g/mol. The second-order valence-electron chi connectivity index (χ2n) is 10.8. The first kappa shape index (κ1) is 34.9. The number of nitrogens with zero attached hydrogens (tertiary/aromatic N) is 2. The Hall–Kier alpha value is -3.09. The predicted octanol–water partition coefficient (Wildman–Crippen LogP) is 2.55. The van der Waals surface area contributed by atoms with Gasteiger partial charge in [0.1, 0.15) is 16.7 Å². The zero-order valence-corrected chi connectivity index (χ0v) is 22.5. The average Bonchev–Trinajstić information content (AvgIpc) is 3.44. The van der Waals surface area contributed by atoms with Crippen molar-refractivity contribution in [2.45, 2.75) is 91.5 Å². The lowest BCUT2D eigenvalue weighted by atomic mass is 9.99. The lowest BCUT2D eigenvalue weighted by Crippen LogP contribution is -2.54. The number of nitrogens with one attached hydrogen (secondary N) is 1. The summed E-state index contributed by atoms with van der Waals surface area (Å²) in [5, 5.41) is 2.45. The van der Waals surface area contributed by atoms with Crippen LogP contribution < -0.4 is 11.1 Å². The van der Waals surface area contributed by atoms with Crippen molar-refractivity contribution >= 4 is 30.5 Å². The topological polar surface area (TPSA) is 167 Å². The summed E-state index contributed by atoms with van der Waals surface area (Å²) in [5.41, 5.74) is 2.44. The molecule has 2 aliphatic heterocycles. The van der Waals surface area contributed by atoms with Gasteiger partial charge in [0, 0.05) is 23.9 Å². The summed E-state index contributed by atoms with van der Waals surface area (Å²) in [5.74, 6) is -1.06. The maximum absolute atomic E-state index is 11.9. The van der Waals surface area contributed by atoms with E-state index < -0.39 is 46.4 Å². The molecule has 13 heteroatoms. The van der Waals surface area contributed by atoms with E-state index in [0.717, 1.165) is 0 Å². The number of hydrogen-bond acceptors (Lipinski definition) is 10. The van der Waals surface area contributed by atoms with Gasteiger partial charge in [0.15, 0.2) is 5.54 Å². The van der Waals surface area contributed by atoms with Gasteiger partial charge in [0.2, 0.25) is 6.41 Å². The molecule has 2 unspecified atom stereocenters. The molecule has 0 spiro atoms. The van der Waals surface area contributed by atoms with Crippen molar-refractivity contribution in [2.24, 2.45) is 5.73 Å². The SMILES string of the molecule is C.C.COC(=O)C1(N)CCN(C(=O)OC(C)(C)C)C1.COC(=O)C1(NC=O)CCN(C(=O)OC(C)(C)C)C1.[3HH].[3H][3H]. The van der Waals surface area contributed by atoms with E-state index in [1.54, 1.807) is 41.5 Å². The Kier molecular flexibility index (Phi) is 13.0. The third kappa shape index (κ3) is 10.3. The Morgan fingerprint density at radius 1 is 0.842 bits per heavy atom. The fourth-order valence-electron chi connectivity index (χ4n) is 3.63. The largest absolute Gasteiger partial charge is 0.468 e. The maximum atomic E-state index is 11.9. The highest BCUT2D eigenvalue weighted by Crippen LogP contribution is 2.25. The van der Waals surface area contributed by atoms with Crippen LogP contribution in [0.15, 0.2) is 0 Å². The Labute approximate surface area is 231 Å². The highest BCUT2D eigenvalue weighted by Gasteiger charge is 2.48. The van der Waals surface area contributed by atoms with E-state index in [4.69, 9.17) is 18.2 Å². The van der Waals surface area contributed by atoms with Crippen molar-refractivity contribution in [3.05, 3.63) is 0 Å². The predicted molar refractivity (Wildman–Crippen MR) is 145 cm³/mol. The molecule has 2 heterocycles. The van der Waals surface area contributed by atoms with Gasteiger partial charge < -0.3 is 39.8 Å². The summed E-state index contributed by atoms with van der Waals surface area (Å²) >= 11 is 0. The minimum atomic E-state index is -1.17. The molecule has 3 N–H and O–H groups in total. The van der Waals surface area contributed by atoms with Gasteiger partial charge >= 0.3 is 24.1 Å². The average molecular weight is 559 g/mol. The van der Waals surface area contributed by atoms with Crippen LogP contribution in [0.1, 0.15) is 73.6 Å². The molecule has 2 atom stereocenters. The molecule has 0 saturated carbocycles. The number of amides is 3. The smallest absolute Gasteiger partial charge is 0.410 e. The minimum Gasteiger partial charge on any atom is -0.468 e. The number of nitrogens with two attached hydrogens (primary N) is 1. The zero-order chi connectivity index (χ0) is 29.9. The van der Waals surface area contributed by atoms with E-state index in [0.29, 0.717) is 32.3 Å². The van der Waals surface area contributed by atoms with Gasteiger partial charge in [0.25, 0.3) is 0 Å². The summed E-state index contributed by atoms with van der Waals surface area (Å²) in [6.07, 6.45) is 0.172. The van der Waals surface area contributed by atoms with Gasteiger partial charge in [-0.15, -0.1) is 0 Å². The molecule has 2 saturated heterocycles. The van der Waals surface area contributed by atoms with Gasteiger partial charge in [-0.3, -0.25) is 4.79 Å². The number of methoxy groups -OCH3 is 2. The van der Waals surface area contributed by atoms with Crippen molar-refractivity contribution in [2.75, 3.05) is 40.4 Å². The minimum absolute atomic E-state index is 0. The molecule has 38 heavy (non-hydrogen) atoms. The fraction of sp³-hybridized carbons (Fsp3) is 0.800. The Morgan fingerprint density at radius 3 is 1.66 bits per heavy atom. The van der Waals surface area contributed by atoms with Gasteiger partial charge in [-0.25, -0.2) is 19.2 Å². The van der Waals surface area contributed by atoms with Gasteiger partial charge in [-0.05, 0) is 48.0 Å². The quantitative estimate of drug-likeness (QED) is 0.297. The number of likely N-dealkylation sites (tertiary alicyclic amines) is 2. The highest BCUT2D eigenvalue weighted by atomic mass is 16.6. The van der Waals surface area contributed by atoms with Crippen LogP contribution in [0.5, 0.6) is 0 Å². The van der Waals surface area contributed by atoms with Crippen LogP contribution in [-0.4, -0.2) is 103 Å². The van der Waals surface area contributed by atoms with Crippen LogP contribution in [-0.2, 0) is 33.3 Å². The Balaban J connectivity index is -0.000000296. The first-order valence-electron chi connectivity index (χ1n) is 12.5. The van der Waals surface area contributed by atoms with Crippen molar-refractivity contribution in [3.63, 3.8) is 0 Å². The lowest BCUT2D eigenvalue weighted by Gasteiger charge is -2.27. The number of rotatable bonds is 4. The summed E-state index contributed by atoms with van der Waals surface area (Å²) in [6, 6.07) is 0. The molecule has 0 aliphatic carbocycles. The standard InChI is InChI=1S/C12H20N2O5.C11H20N2O4.2CH4.2H2/c1-11(2,3)19-10(17)14-6-5-12(7-14,13-8-15)9(16)18-4;1-10(2,3)17-9(15)13-6-5-11(12,7-13)8(14)16-4;;;;/h8H,5-7H2,1-4H3,(H,13,15);5-7,12H2,1-4H3;2*1H4;2*1H/i;;;;1+2T;1+2. The van der Waals surface area contributed by atoms with Crippen LogP contribution in [0.25, 0.3) is 0 Å². The summed E-state index contributed by atoms with van der Waals surface area (Å²) < 4.78 is 29.7. The van der Waals surface area contributed by atoms with Crippen LogP contribution in [0.3, 0.4) is 0 Å². The van der Waals surface area contributed by atoms with Crippen LogP contribution in [0.4, 0.5) is 9.59 Å². The summed E-state index contributed by atoms with van der Waals surface area (Å²) in [6.45, 7) is 11.6. The van der Waals surface area contributed by atoms with Crippen molar-refractivity contribution in [1.29, 1.82) is 0 Å². The summed E-state index contributed by atoms with van der Waals surface area (Å²) in [4.78, 5) is 60.3. The molecule has 0 bridgehead atoms. The molecule has 226 valence electrons. The third-order valence-corrected chi connectivity index (χ3v) is 5.38. The molecule has 2 rings (SSSR count). The van der Waals surface area contributed by atoms with E-state index in [1.807, 2.05) is 0 Å². The number of ether oxygens (including phenoxy) is 4. The first-order valence-corrected chi connectivity index (χ1v) is 11.5. The van der Waals surface area contributed by atoms with Gasteiger partial charge in [-0.2, -0.15) is 0 Å². The molecule has 0 radical (unpaired) electrons. The molecule has 3 amide bonds. The van der Waals surface area contributed by atoms with Gasteiger partial charge in [-0.1, -0.05) is 14.9 Å². The highest BCUT2D eigenvalue weighted by molar-refractivity contribution is 5.85. The fourth-order valence-corrected chi connectivity index (χ4v) is 3.63. The summed E-state index contributed by atoms with van der Waals surface area (Å²) in [7, 11) is 2.53. The zero-order valence-electron chi connectivity index (χ0n) is 24.5. The normalized spacial score (nSPS) is 22.7. The number of esters is 2. The number of carbonyl (C=O) groups is 5. The van der Waals surface area contributed by atoms with Crippen molar-refractivity contribution < 1.29 is 47.3 Å². The molecule has 0 aromatic rings. The lowest BCUT2D eigenvalue weighted by molar-refractivity contribution is -0.149. The Morgan fingerprint density at radius 2 is 1.26 bits per heavy atom. The second kappa shape index (κ2) is 14.2. The van der Waals surface area contributed by atoms with Gasteiger partial charge in [0.05, 0.1) is 27.3 Å². The molecule has 0 aromatic carbocycles. The molecule has 2 aliphatic rings. The van der Waals surface area contributed by atoms with E-state index in [1.165, 1.54) is 24.0 Å². The van der Waals surface area contributed by atoms with Crippen molar-refractivity contribution in [1.82, 2.24) is 15.1 Å². The van der Waals surface area contributed by atoms with E-state index in [9.17, 15) is 24.0 Å². The van der Waals surface area contributed by atoms with E-state index in [-0.39, 0.29) is 29.4 Å². The maximum Gasteiger partial charge on any atom is 0.410 e. The second-order valence-corrected chi connectivity index (χ2v) is 10.8. The van der Waals surface area contributed by atoms with E-state index >= 15 is 0 Å². The number of carbonyl (C=O) groups excluding carboxylic acids is 5. The molecule has 13 nitrogen and oxygen atoms in total. The molecular formula is C25H52N4O9. The van der Waals surface area contributed by atoms with Crippen LogP contribution in [0, 0.1) is 0 Å². The number of hydrogen-bond donors (Lipinski definition) is 2. The van der Waals surface area contributed by atoms with Crippen LogP contribution >= 0.6 is 0 Å². The van der Waals surface area contributed by atoms with Crippen LogP contribution in [0.2, 0.25) is 0 Å². The Bertz CT molecular complexity index is 853. The monoisotopic (exact) mass is 558 g/mol. The third-order valence-electron chi connectivity index (χ3n) is 5.38. The first-order chi connectivity index (χ1) is 17.4. The molecule has 2 fully saturated rings. The van der Waals surface area contributed by atoms with Crippen molar-refractivity contribution in [3.8, 4) is 0 Å². The van der Waals surface area contributed by atoms with E-state index in [2.05, 4.69) is 14.8 Å².